The molecule has 2 rings (SSSR count). The van der Waals surface area contributed by atoms with Crippen LogP contribution in [-0.4, -0.2) is 7.05 Å². The second-order valence-corrected chi connectivity index (χ2v) is 4.50. The molecule has 102 valence electrons. The number of aromatic nitrogens is 1. The van der Waals surface area contributed by atoms with Gasteiger partial charge in [-0.15, -0.1) is 0 Å². The normalized spacial score (nSPS) is 11.3. The molecule has 2 nitrogen and oxygen atoms in total. The van der Waals surface area contributed by atoms with Gasteiger partial charge in [-0.2, -0.15) is 4.57 Å². The van der Waals surface area contributed by atoms with Gasteiger partial charge in [-0.3, -0.25) is 0 Å². The van der Waals surface area contributed by atoms with Crippen LogP contribution >= 0.6 is 0 Å². The second kappa shape index (κ2) is 7.29. The molecule has 0 saturated heterocycles. The molecule has 1 heterocycles. The summed E-state index contributed by atoms with van der Waals surface area (Å²) in [6.07, 6.45) is 10.5. The van der Waals surface area contributed by atoms with Crippen molar-refractivity contribution in [2.24, 2.45) is 0 Å². The largest absolute Gasteiger partial charge is 0.388 e. The average Bonchev–Trinajstić information content (AvgIpc) is 2.52. The average molecular weight is 265 g/mol. The van der Waals surface area contributed by atoms with Gasteiger partial charge in [0.2, 0.25) is 5.69 Å². The van der Waals surface area contributed by atoms with Crippen LogP contribution < -0.4 is 9.88 Å². The zero-order valence-corrected chi connectivity index (χ0v) is 12.1. The lowest BCUT2D eigenvalue weighted by Gasteiger charge is -1.98. The SMILES string of the molecule is CC[n+]1ccccc1/C=C/C=C/c1ccc(NC)cc1. The Hall–Kier alpha value is -2.35. The first-order chi connectivity index (χ1) is 9.83. The maximum absolute atomic E-state index is 3.11. The lowest BCUT2D eigenvalue weighted by Crippen LogP contribution is -2.34. The van der Waals surface area contributed by atoms with Crippen LogP contribution in [0.4, 0.5) is 5.69 Å². The highest BCUT2D eigenvalue weighted by Gasteiger charge is 2.00. The quantitative estimate of drug-likeness (QED) is 0.643. The van der Waals surface area contributed by atoms with Crippen molar-refractivity contribution < 1.29 is 4.57 Å². The number of anilines is 1. The topological polar surface area (TPSA) is 15.9 Å². The van der Waals surface area contributed by atoms with Crippen molar-refractivity contribution in [3.05, 3.63) is 72.1 Å². The van der Waals surface area contributed by atoms with Crippen molar-refractivity contribution in [2.45, 2.75) is 13.5 Å². The molecule has 1 N–H and O–H groups in total. The minimum absolute atomic E-state index is 0.982. The third-order valence-corrected chi connectivity index (χ3v) is 3.18. The van der Waals surface area contributed by atoms with E-state index in [-0.39, 0.29) is 0 Å². The molecule has 0 spiro atoms. The fraction of sp³-hybridized carbons (Fsp3) is 0.167. The molecule has 2 aromatic rings. The van der Waals surface area contributed by atoms with Crippen molar-refractivity contribution in [1.82, 2.24) is 0 Å². The van der Waals surface area contributed by atoms with Crippen LogP contribution in [0, 0.1) is 0 Å². The summed E-state index contributed by atoms with van der Waals surface area (Å²) in [4.78, 5) is 0. The van der Waals surface area contributed by atoms with Crippen molar-refractivity contribution in [3.8, 4) is 0 Å². The van der Waals surface area contributed by atoms with E-state index in [0.29, 0.717) is 0 Å². The summed E-state index contributed by atoms with van der Waals surface area (Å²) < 4.78 is 2.21. The molecule has 0 unspecified atom stereocenters. The predicted octanol–water partition coefficient (Wildman–Crippen LogP) is 3.76. The summed E-state index contributed by atoms with van der Waals surface area (Å²) in [6.45, 7) is 3.13. The maximum Gasteiger partial charge on any atom is 0.205 e. The zero-order chi connectivity index (χ0) is 14.2. The van der Waals surface area contributed by atoms with Crippen molar-refractivity contribution >= 4 is 17.8 Å². The number of rotatable bonds is 5. The van der Waals surface area contributed by atoms with Crippen LogP contribution in [0.3, 0.4) is 0 Å². The number of hydrogen-bond donors (Lipinski definition) is 1. The summed E-state index contributed by atoms with van der Waals surface area (Å²) >= 11 is 0. The Labute approximate surface area is 121 Å². The van der Waals surface area contributed by atoms with Gasteiger partial charge in [0.1, 0.15) is 6.54 Å². The van der Waals surface area contributed by atoms with Crippen LogP contribution in [0.5, 0.6) is 0 Å². The van der Waals surface area contributed by atoms with E-state index in [4.69, 9.17) is 0 Å². The van der Waals surface area contributed by atoms with E-state index in [2.05, 4.69) is 89.8 Å². The minimum Gasteiger partial charge on any atom is -0.388 e. The lowest BCUT2D eigenvalue weighted by atomic mass is 10.2. The minimum atomic E-state index is 0.982. The fourth-order valence-electron chi connectivity index (χ4n) is 2.01. The van der Waals surface area contributed by atoms with Gasteiger partial charge in [0.25, 0.3) is 0 Å². The Balaban J connectivity index is 2.03. The summed E-state index contributed by atoms with van der Waals surface area (Å²) in [6, 6.07) is 14.6. The second-order valence-electron chi connectivity index (χ2n) is 4.50. The molecular formula is C18H21N2+. The van der Waals surface area contributed by atoms with Gasteiger partial charge >= 0.3 is 0 Å². The van der Waals surface area contributed by atoms with Gasteiger partial charge in [-0.25, -0.2) is 0 Å². The van der Waals surface area contributed by atoms with Crippen LogP contribution in [-0.2, 0) is 6.54 Å². The van der Waals surface area contributed by atoms with E-state index >= 15 is 0 Å². The molecular weight excluding hydrogens is 244 g/mol. The number of pyridine rings is 1. The van der Waals surface area contributed by atoms with Gasteiger partial charge in [-0.1, -0.05) is 30.4 Å². The standard InChI is InChI=1S/C18H20N2/c1-3-20-15-7-6-10-18(20)9-5-4-8-16-11-13-17(19-2)14-12-16/h4-15H,3H2,1-2H3/p+1. The summed E-state index contributed by atoms with van der Waals surface area (Å²) in [5.74, 6) is 0. The number of allylic oxidation sites excluding steroid dienone is 2. The fourth-order valence-corrected chi connectivity index (χ4v) is 2.01. The Morgan fingerprint density at radius 3 is 2.45 bits per heavy atom. The molecule has 0 saturated carbocycles. The third-order valence-electron chi connectivity index (χ3n) is 3.18. The smallest absolute Gasteiger partial charge is 0.205 e. The molecule has 0 aliphatic heterocycles. The first-order valence-corrected chi connectivity index (χ1v) is 6.94. The lowest BCUT2D eigenvalue weighted by molar-refractivity contribution is -0.695. The maximum atomic E-state index is 3.11. The molecule has 20 heavy (non-hydrogen) atoms. The number of nitrogens with zero attached hydrogens (tertiary/aromatic N) is 1. The van der Waals surface area contributed by atoms with E-state index in [0.717, 1.165) is 12.2 Å². The highest BCUT2D eigenvalue weighted by molar-refractivity contribution is 5.57. The molecule has 0 aliphatic rings. The highest BCUT2D eigenvalue weighted by atomic mass is 14.9. The number of hydrogen-bond acceptors (Lipinski definition) is 1. The molecule has 1 aromatic heterocycles. The van der Waals surface area contributed by atoms with Gasteiger partial charge in [0.15, 0.2) is 6.20 Å². The van der Waals surface area contributed by atoms with Crippen molar-refractivity contribution in [2.75, 3.05) is 12.4 Å². The van der Waals surface area contributed by atoms with E-state index in [1.165, 1.54) is 11.3 Å². The van der Waals surface area contributed by atoms with Crippen molar-refractivity contribution in [1.29, 1.82) is 0 Å². The first-order valence-electron chi connectivity index (χ1n) is 6.94. The summed E-state index contributed by atoms with van der Waals surface area (Å²) in [7, 11) is 1.93. The molecule has 1 aromatic carbocycles. The molecule has 0 amide bonds. The van der Waals surface area contributed by atoms with Crippen molar-refractivity contribution in [3.63, 3.8) is 0 Å². The van der Waals surface area contributed by atoms with Crippen LogP contribution in [0.1, 0.15) is 18.2 Å². The number of aryl methyl sites for hydroxylation is 1. The first kappa shape index (κ1) is 14.1. The molecule has 2 heteroatoms. The Bertz CT molecular complexity index is 595. The van der Waals surface area contributed by atoms with Gasteiger partial charge < -0.3 is 5.32 Å². The Morgan fingerprint density at radius 2 is 1.75 bits per heavy atom. The molecule has 0 atom stereocenters. The summed E-state index contributed by atoms with van der Waals surface area (Å²) in [5, 5.41) is 3.11. The molecule has 0 aliphatic carbocycles. The molecule has 0 bridgehead atoms. The monoisotopic (exact) mass is 265 g/mol. The van der Waals surface area contributed by atoms with E-state index < -0.39 is 0 Å². The third kappa shape index (κ3) is 3.82. The van der Waals surface area contributed by atoms with Crippen LogP contribution in [0.15, 0.2) is 60.8 Å². The Kier molecular flexibility index (Phi) is 5.13. The predicted molar refractivity (Wildman–Crippen MR) is 86.4 cm³/mol. The summed E-state index contributed by atoms with van der Waals surface area (Å²) in [5.41, 5.74) is 3.54. The Morgan fingerprint density at radius 1 is 1.00 bits per heavy atom. The number of benzene rings is 1. The molecule has 0 fully saturated rings. The van der Waals surface area contributed by atoms with Gasteiger partial charge in [-0.05, 0) is 30.7 Å². The van der Waals surface area contributed by atoms with E-state index in [1.807, 2.05) is 7.05 Å². The van der Waals surface area contributed by atoms with E-state index in [9.17, 15) is 0 Å². The molecule has 0 radical (unpaired) electrons. The van der Waals surface area contributed by atoms with Gasteiger partial charge in [0.05, 0.1) is 0 Å². The highest BCUT2D eigenvalue weighted by Crippen LogP contribution is 2.09. The van der Waals surface area contributed by atoms with Gasteiger partial charge in [0, 0.05) is 30.9 Å². The van der Waals surface area contributed by atoms with Crippen LogP contribution in [0.2, 0.25) is 0 Å². The van der Waals surface area contributed by atoms with Crippen LogP contribution in [0.25, 0.3) is 12.2 Å². The number of nitrogens with one attached hydrogen (secondary N) is 1. The van der Waals surface area contributed by atoms with E-state index in [1.54, 1.807) is 0 Å². The zero-order valence-electron chi connectivity index (χ0n) is 12.1.